The van der Waals surface area contributed by atoms with Crippen molar-refractivity contribution in [1.29, 1.82) is 0 Å². The van der Waals surface area contributed by atoms with Crippen LogP contribution in [0.15, 0.2) is 0 Å². The van der Waals surface area contributed by atoms with Gasteiger partial charge in [0.1, 0.15) is 0 Å². The largest absolute Gasteiger partial charge is 1.00 e. The molecular formula is C4H9AgO. The van der Waals surface area contributed by atoms with Crippen LogP contribution in [0.2, 0.25) is 0 Å². The van der Waals surface area contributed by atoms with Gasteiger partial charge < -0.3 is 5.11 Å². The third kappa shape index (κ3) is 131. The molecule has 2 heteroatoms. The van der Waals surface area contributed by atoms with Crippen molar-refractivity contribution in [2.75, 3.05) is 0 Å². The van der Waals surface area contributed by atoms with Crippen LogP contribution in [0.4, 0.5) is 0 Å². The van der Waals surface area contributed by atoms with Crippen LogP contribution in [-0.2, 0) is 22.4 Å². The first-order chi connectivity index (χ1) is 2.00. The Morgan fingerprint density at radius 2 is 1.17 bits per heavy atom. The molecule has 0 aliphatic heterocycles. The third-order valence-corrected chi connectivity index (χ3v) is 0. The molecule has 42 valence electrons. The summed E-state index contributed by atoms with van der Waals surface area (Å²) in [6, 6.07) is 0. The summed E-state index contributed by atoms with van der Waals surface area (Å²) in [5, 5.41) is 10.1. The van der Waals surface area contributed by atoms with Crippen molar-refractivity contribution < 1.29 is 27.5 Å². The average Bonchev–Trinajstić information content (AvgIpc) is 0.722. The van der Waals surface area contributed by atoms with E-state index in [0.717, 1.165) is 0 Å². The third-order valence-electron chi connectivity index (χ3n) is 0. The van der Waals surface area contributed by atoms with Crippen molar-refractivity contribution >= 4 is 0 Å². The first-order valence-corrected chi connectivity index (χ1v) is 1.70. The van der Waals surface area contributed by atoms with E-state index in [1.165, 1.54) is 0 Å². The van der Waals surface area contributed by atoms with E-state index < -0.39 is 5.60 Å². The van der Waals surface area contributed by atoms with Crippen LogP contribution in [0.25, 0.3) is 0 Å². The zero-order valence-corrected chi connectivity index (χ0v) is 5.69. The minimum atomic E-state index is -0.750. The second-order valence-electron chi connectivity index (χ2n) is 2.11. The summed E-state index contributed by atoms with van der Waals surface area (Å²) in [6.45, 7) is 4.90. The molecule has 0 aromatic rings. The van der Waals surface area contributed by atoms with Crippen LogP contribution in [0.1, 0.15) is 20.8 Å². The summed E-state index contributed by atoms with van der Waals surface area (Å²) in [7, 11) is 0. The average molecular weight is 181 g/mol. The van der Waals surface area contributed by atoms with Gasteiger partial charge in [0, 0.05) is 0 Å². The minimum absolute atomic E-state index is 0. The molecule has 0 saturated carbocycles. The molecule has 0 fully saturated rings. The summed E-state index contributed by atoms with van der Waals surface area (Å²) in [5.74, 6) is 0. The number of hydrogen-bond donors (Lipinski definition) is 0. The van der Waals surface area contributed by atoms with Crippen LogP contribution < -0.4 is 5.11 Å². The van der Waals surface area contributed by atoms with Crippen LogP contribution in [0.5, 0.6) is 0 Å². The first kappa shape index (κ1) is 9.85. The topological polar surface area (TPSA) is 23.1 Å². The molecule has 0 unspecified atom stereocenters. The Hall–Kier alpha value is 0.700. The van der Waals surface area contributed by atoms with Gasteiger partial charge in [-0.2, -0.15) is 0 Å². The van der Waals surface area contributed by atoms with E-state index in [1.807, 2.05) is 0 Å². The zero-order valence-electron chi connectivity index (χ0n) is 4.21. The fourth-order valence-corrected chi connectivity index (χ4v) is 0. The molecule has 0 bridgehead atoms. The van der Waals surface area contributed by atoms with Gasteiger partial charge in [-0.15, -0.1) is 5.60 Å². The maximum absolute atomic E-state index is 10.1. The van der Waals surface area contributed by atoms with Crippen molar-refractivity contribution in [3.8, 4) is 0 Å². The van der Waals surface area contributed by atoms with Gasteiger partial charge in [-0.05, 0) is 0 Å². The molecule has 0 aromatic carbocycles. The standard InChI is InChI=1S/C4H9O.Ag/c1-4(2,3)5;/h1-3H3;/q-1;+1. The SMILES string of the molecule is CC(C)(C)[O-].[Ag+]. The van der Waals surface area contributed by atoms with Gasteiger partial charge in [0.05, 0.1) is 0 Å². The van der Waals surface area contributed by atoms with Gasteiger partial charge in [0.25, 0.3) is 0 Å². The normalized spacial score (nSPS) is 10.0. The Morgan fingerprint density at radius 1 is 1.17 bits per heavy atom. The van der Waals surface area contributed by atoms with E-state index in [4.69, 9.17) is 0 Å². The van der Waals surface area contributed by atoms with Gasteiger partial charge in [0.2, 0.25) is 0 Å². The van der Waals surface area contributed by atoms with Crippen molar-refractivity contribution in [1.82, 2.24) is 0 Å². The molecule has 0 aromatic heterocycles. The molecule has 0 aliphatic carbocycles. The second kappa shape index (κ2) is 2.81. The molecule has 6 heavy (non-hydrogen) atoms. The van der Waals surface area contributed by atoms with Gasteiger partial charge >= 0.3 is 22.4 Å². The van der Waals surface area contributed by atoms with Gasteiger partial charge in [0.15, 0.2) is 0 Å². The summed E-state index contributed by atoms with van der Waals surface area (Å²) in [4.78, 5) is 0. The van der Waals surface area contributed by atoms with E-state index in [2.05, 4.69) is 0 Å². The Bertz CT molecular complexity index is 23.0. The summed E-state index contributed by atoms with van der Waals surface area (Å²) < 4.78 is 0. The monoisotopic (exact) mass is 180 g/mol. The van der Waals surface area contributed by atoms with Gasteiger partial charge in [-0.25, -0.2) is 0 Å². The minimum Gasteiger partial charge on any atom is -0.850 e. The molecule has 0 radical (unpaired) electrons. The zero-order chi connectivity index (χ0) is 4.50. The predicted octanol–water partition coefficient (Wildman–Crippen LogP) is 0.143. The van der Waals surface area contributed by atoms with Gasteiger partial charge in [-0.1, -0.05) is 20.8 Å². The molecular weight excluding hydrogens is 172 g/mol. The summed E-state index contributed by atoms with van der Waals surface area (Å²) >= 11 is 0. The van der Waals surface area contributed by atoms with E-state index in [0.29, 0.717) is 0 Å². The van der Waals surface area contributed by atoms with E-state index in [1.54, 1.807) is 20.8 Å². The van der Waals surface area contributed by atoms with Crippen molar-refractivity contribution in [2.45, 2.75) is 26.4 Å². The van der Waals surface area contributed by atoms with E-state index >= 15 is 0 Å². The van der Waals surface area contributed by atoms with Crippen LogP contribution in [0.3, 0.4) is 0 Å². The summed E-state index contributed by atoms with van der Waals surface area (Å²) in [5.41, 5.74) is -0.750. The molecule has 0 spiro atoms. The molecule has 0 aliphatic rings. The maximum atomic E-state index is 10.1. The van der Waals surface area contributed by atoms with Crippen LogP contribution in [-0.4, -0.2) is 5.60 Å². The second-order valence-corrected chi connectivity index (χ2v) is 2.11. The van der Waals surface area contributed by atoms with Crippen LogP contribution in [0, 0.1) is 0 Å². The Kier molecular flexibility index (Phi) is 4.61. The predicted molar refractivity (Wildman–Crippen MR) is 19.8 cm³/mol. The number of rotatable bonds is 0. The van der Waals surface area contributed by atoms with Crippen molar-refractivity contribution in [2.24, 2.45) is 0 Å². The smallest absolute Gasteiger partial charge is 0.850 e. The fourth-order valence-electron chi connectivity index (χ4n) is 0. The van der Waals surface area contributed by atoms with Gasteiger partial charge in [-0.3, -0.25) is 0 Å². The molecule has 1 nitrogen and oxygen atoms in total. The Labute approximate surface area is 54.3 Å². The Morgan fingerprint density at radius 3 is 1.17 bits per heavy atom. The first-order valence-electron chi connectivity index (χ1n) is 1.70. The molecule has 0 atom stereocenters. The Balaban J connectivity index is 0. The molecule has 0 saturated heterocycles. The fraction of sp³-hybridized carbons (Fsp3) is 1.00. The molecule has 0 amide bonds. The summed E-state index contributed by atoms with van der Waals surface area (Å²) in [6.07, 6.45) is 0. The molecule has 0 heterocycles. The molecule has 0 N–H and O–H groups in total. The number of hydrogen-bond acceptors (Lipinski definition) is 1. The van der Waals surface area contributed by atoms with E-state index in [-0.39, 0.29) is 22.4 Å². The van der Waals surface area contributed by atoms with Crippen molar-refractivity contribution in [3.05, 3.63) is 0 Å². The maximum Gasteiger partial charge on any atom is 1.00 e. The molecule has 0 rings (SSSR count). The quantitative estimate of drug-likeness (QED) is 0.487. The van der Waals surface area contributed by atoms with Crippen molar-refractivity contribution in [3.63, 3.8) is 0 Å². The van der Waals surface area contributed by atoms with E-state index in [9.17, 15) is 5.11 Å². The van der Waals surface area contributed by atoms with Crippen LogP contribution >= 0.6 is 0 Å².